The van der Waals surface area contributed by atoms with Gasteiger partial charge < -0.3 is 10.3 Å². The molecule has 0 saturated carbocycles. The summed E-state index contributed by atoms with van der Waals surface area (Å²) in [6, 6.07) is 5.16. The lowest BCUT2D eigenvalue weighted by Crippen LogP contribution is -2.06. The summed E-state index contributed by atoms with van der Waals surface area (Å²) in [4.78, 5) is 0. The maximum Gasteiger partial charge on any atom is 0.168 e. The van der Waals surface area contributed by atoms with Gasteiger partial charge in [0.25, 0.3) is 0 Å². The molecule has 1 unspecified atom stereocenters. The van der Waals surface area contributed by atoms with Crippen LogP contribution in [-0.2, 0) is 0 Å². The van der Waals surface area contributed by atoms with Gasteiger partial charge in [-0.15, -0.1) is 0 Å². The van der Waals surface area contributed by atoms with Gasteiger partial charge in [-0.2, -0.15) is 0 Å². The number of aromatic nitrogens is 1. The van der Waals surface area contributed by atoms with Gasteiger partial charge in [0.05, 0.1) is 6.04 Å². The second-order valence-electron chi connectivity index (χ2n) is 3.73. The molecule has 17 heavy (non-hydrogen) atoms. The maximum absolute atomic E-state index is 13.5. The minimum atomic E-state index is -0.933. The second kappa shape index (κ2) is 4.63. The minimum absolute atomic E-state index is 0.0725. The number of hydrogen-bond donors (Lipinski definition) is 1. The highest BCUT2D eigenvalue weighted by atomic mass is 19.2. The van der Waals surface area contributed by atoms with Crippen LogP contribution in [0.1, 0.15) is 25.1 Å². The molecule has 0 radical (unpaired) electrons. The van der Waals surface area contributed by atoms with E-state index in [1.807, 2.05) is 6.92 Å². The normalized spacial score (nSPS) is 12.7. The third-order valence-corrected chi connectivity index (χ3v) is 2.56. The lowest BCUT2D eigenvalue weighted by molar-refractivity contribution is 0.360. The molecule has 0 amide bonds. The molecule has 1 aromatic heterocycles. The zero-order chi connectivity index (χ0) is 12.4. The summed E-state index contributed by atoms with van der Waals surface area (Å²) < 4.78 is 31.5. The largest absolute Gasteiger partial charge is 0.359 e. The molecule has 0 aliphatic rings. The van der Waals surface area contributed by atoms with E-state index in [-0.39, 0.29) is 17.3 Å². The first-order valence-corrected chi connectivity index (χ1v) is 5.30. The zero-order valence-corrected chi connectivity index (χ0v) is 9.28. The van der Waals surface area contributed by atoms with E-state index >= 15 is 0 Å². The summed E-state index contributed by atoms with van der Waals surface area (Å²) in [6.07, 6.45) is 0.681. The number of benzene rings is 1. The van der Waals surface area contributed by atoms with E-state index in [4.69, 9.17) is 10.3 Å². The van der Waals surface area contributed by atoms with Crippen LogP contribution in [0.25, 0.3) is 11.3 Å². The predicted octanol–water partition coefficient (Wildman–Crippen LogP) is 3.03. The standard InChI is InChI=1S/C12H12F2N2O/c1-2-9(15)11-6-10(16-17-11)7-4-3-5-8(13)12(7)14/h3-6,9H,2,15H2,1H3. The van der Waals surface area contributed by atoms with E-state index in [1.165, 1.54) is 18.2 Å². The molecule has 2 rings (SSSR count). The molecule has 0 bridgehead atoms. The van der Waals surface area contributed by atoms with E-state index in [0.29, 0.717) is 12.2 Å². The summed E-state index contributed by atoms with van der Waals surface area (Å²) in [7, 11) is 0. The summed E-state index contributed by atoms with van der Waals surface area (Å²) in [5, 5.41) is 3.70. The zero-order valence-electron chi connectivity index (χ0n) is 9.28. The van der Waals surface area contributed by atoms with Gasteiger partial charge in [-0.3, -0.25) is 0 Å². The van der Waals surface area contributed by atoms with Crippen LogP contribution in [0.4, 0.5) is 8.78 Å². The Hall–Kier alpha value is -1.75. The van der Waals surface area contributed by atoms with Crippen molar-refractivity contribution in [3.05, 3.63) is 41.7 Å². The van der Waals surface area contributed by atoms with Crippen LogP contribution in [0.15, 0.2) is 28.8 Å². The molecule has 1 atom stereocenters. The number of rotatable bonds is 3. The Morgan fingerprint density at radius 2 is 2.18 bits per heavy atom. The third kappa shape index (κ3) is 2.19. The maximum atomic E-state index is 13.5. The van der Waals surface area contributed by atoms with Crippen molar-refractivity contribution >= 4 is 0 Å². The smallest absolute Gasteiger partial charge is 0.168 e. The van der Waals surface area contributed by atoms with Gasteiger partial charge in [-0.05, 0) is 18.6 Å². The Morgan fingerprint density at radius 3 is 2.88 bits per heavy atom. The van der Waals surface area contributed by atoms with Crippen molar-refractivity contribution < 1.29 is 13.3 Å². The van der Waals surface area contributed by atoms with Crippen LogP contribution in [0.3, 0.4) is 0 Å². The molecule has 3 nitrogen and oxygen atoms in total. The molecule has 5 heteroatoms. The first-order chi connectivity index (χ1) is 8.13. The fourth-order valence-electron chi connectivity index (χ4n) is 1.49. The number of nitrogens with two attached hydrogens (primary N) is 1. The first-order valence-electron chi connectivity index (χ1n) is 5.30. The number of nitrogens with zero attached hydrogens (tertiary/aromatic N) is 1. The van der Waals surface area contributed by atoms with Gasteiger partial charge in [-0.25, -0.2) is 8.78 Å². The van der Waals surface area contributed by atoms with Crippen molar-refractivity contribution in [3.63, 3.8) is 0 Å². The van der Waals surface area contributed by atoms with E-state index in [2.05, 4.69) is 5.16 Å². The molecule has 2 N–H and O–H groups in total. The van der Waals surface area contributed by atoms with Gasteiger partial charge in [-0.1, -0.05) is 18.1 Å². The van der Waals surface area contributed by atoms with Crippen molar-refractivity contribution in [2.24, 2.45) is 5.73 Å². The summed E-state index contributed by atoms with van der Waals surface area (Å²) >= 11 is 0. The van der Waals surface area contributed by atoms with Crippen LogP contribution >= 0.6 is 0 Å². The summed E-state index contributed by atoms with van der Waals surface area (Å²) in [6.45, 7) is 1.90. The lowest BCUT2D eigenvalue weighted by Gasteiger charge is -2.01. The molecular weight excluding hydrogens is 226 g/mol. The highest BCUT2D eigenvalue weighted by Gasteiger charge is 2.16. The minimum Gasteiger partial charge on any atom is -0.359 e. The predicted molar refractivity (Wildman–Crippen MR) is 59.1 cm³/mol. The van der Waals surface area contributed by atoms with Gasteiger partial charge in [0, 0.05) is 11.6 Å². The van der Waals surface area contributed by atoms with Crippen LogP contribution in [0, 0.1) is 11.6 Å². The first kappa shape index (κ1) is 11.7. The Bertz CT molecular complexity index is 525. The van der Waals surface area contributed by atoms with Gasteiger partial charge in [0.1, 0.15) is 5.69 Å². The molecule has 0 saturated heterocycles. The fourth-order valence-corrected chi connectivity index (χ4v) is 1.49. The molecule has 0 spiro atoms. The quantitative estimate of drug-likeness (QED) is 0.894. The van der Waals surface area contributed by atoms with Crippen LogP contribution in [-0.4, -0.2) is 5.16 Å². The van der Waals surface area contributed by atoms with Gasteiger partial charge in [0.2, 0.25) is 0 Å². The van der Waals surface area contributed by atoms with E-state index in [9.17, 15) is 8.78 Å². The Morgan fingerprint density at radius 1 is 1.41 bits per heavy atom. The number of hydrogen-bond acceptors (Lipinski definition) is 3. The summed E-state index contributed by atoms with van der Waals surface area (Å²) in [5.74, 6) is -1.38. The van der Waals surface area contributed by atoms with E-state index < -0.39 is 11.6 Å². The molecule has 1 aromatic carbocycles. The topological polar surface area (TPSA) is 52.0 Å². The Balaban J connectivity index is 2.40. The highest BCUT2D eigenvalue weighted by Crippen LogP contribution is 2.26. The van der Waals surface area contributed by atoms with Crippen LogP contribution in [0.5, 0.6) is 0 Å². The molecule has 0 aliphatic carbocycles. The molecule has 1 heterocycles. The SMILES string of the molecule is CCC(N)c1cc(-c2cccc(F)c2F)no1. The second-order valence-corrected chi connectivity index (χ2v) is 3.73. The van der Waals surface area contributed by atoms with Gasteiger partial charge in [0.15, 0.2) is 17.4 Å². The average Bonchev–Trinajstić information content (AvgIpc) is 2.81. The average molecular weight is 238 g/mol. The van der Waals surface area contributed by atoms with Gasteiger partial charge >= 0.3 is 0 Å². The van der Waals surface area contributed by atoms with E-state index in [0.717, 1.165) is 6.07 Å². The molecule has 0 aliphatic heterocycles. The Labute approximate surface area is 97.2 Å². The molecular formula is C12H12F2N2O. The van der Waals surface area contributed by atoms with Crippen molar-refractivity contribution in [3.8, 4) is 11.3 Å². The van der Waals surface area contributed by atoms with Crippen LogP contribution < -0.4 is 5.73 Å². The van der Waals surface area contributed by atoms with Crippen molar-refractivity contribution in [1.29, 1.82) is 0 Å². The van der Waals surface area contributed by atoms with Crippen molar-refractivity contribution in [1.82, 2.24) is 5.16 Å². The fraction of sp³-hybridized carbons (Fsp3) is 0.250. The highest BCUT2D eigenvalue weighted by molar-refractivity contribution is 5.59. The molecule has 90 valence electrons. The van der Waals surface area contributed by atoms with E-state index in [1.54, 1.807) is 0 Å². The summed E-state index contributed by atoms with van der Waals surface area (Å²) in [5.41, 5.74) is 6.08. The van der Waals surface area contributed by atoms with Crippen LogP contribution in [0.2, 0.25) is 0 Å². The number of halogens is 2. The molecule has 2 aromatic rings. The third-order valence-electron chi connectivity index (χ3n) is 2.56. The lowest BCUT2D eigenvalue weighted by atomic mass is 10.1. The van der Waals surface area contributed by atoms with Crippen molar-refractivity contribution in [2.75, 3.05) is 0 Å². The van der Waals surface area contributed by atoms with Crippen molar-refractivity contribution in [2.45, 2.75) is 19.4 Å². The Kier molecular flexibility index (Phi) is 3.19. The monoisotopic (exact) mass is 238 g/mol. The molecule has 0 fully saturated rings.